The molecule has 17 heavy (non-hydrogen) atoms. The molecule has 1 aromatic heterocycles. The second kappa shape index (κ2) is 4.43. The van der Waals surface area contributed by atoms with Gasteiger partial charge in [-0.2, -0.15) is 4.39 Å². The molecule has 0 bridgehead atoms. The summed E-state index contributed by atoms with van der Waals surface area (Å²) in [6, 6.07) is 2.76. The first-order chi connectivity index (χ1) is 7.98. The molecular weight excluding hydrogens is 219 g/mol. The molecule has 1 amide bonds. The zero-order valence-corrected chi connectivity index (χ0v) is 10.2. The van der Waals surface area contributed by atoms with E-state index in [2.05, 4.69) is 18.8 Å². The Bertz CT molecular complexity index is 421. The summed E-state index contributed by atoms with van der Waals surface area (Å²) < 4.78 is 12.9. The van der Waals surface area contributed by atoms with E-state index in [1.165, 1.54) is 12.3 Å². The molecule has 0 unspecified atom stereocenters. The maximum absolute atomic E-state index is 12.9. The molecular formula is C13H17FN2O. The van der Waals surface area contributed by atoms with Crippen LogP contribution in [0.2, 0.25) is 0 Å². The molecule has 92 valence electrons. The Morgan fingerprint density at radius 1 is 1.41 bits per heavy atom. The van der Waals surface area contributed by atoms with Crippen molar-refractivity contribution in [3.8, 4) is 0 Å². The highest BCUT2D eigenvalue weighted by atomic mass is 19.1. The molecule has 1 aliphatic rings. The summed E-state index contributed by atoms with van der Waals surface area (Å²) in [5.74, 6) is -0.699. The van der Waals surface area contributed by atoms with E-state index in [0.29, 0.717) is 11.0 Å². The highest BCUT2D eigenvalue weighted by Crippen LogP contribution is 2.30. The molecule has 3 nitrogen and oxygen atoms in total. The summed E-state index contributed by atoms with van der Waals surface area (Å²) in [6.45, 7) is 5.91. The van der Waals surface area contributed by atoms with Crippen molar-refractivity contribution in [3.05, 3.63) is 29.8 Å². The second-order valence-corrected chi connectivity index (χ2v) is 5.32. The van der Waals surface area contributed by atoms with E-state index in [4.69, 9.17) is 0 Å². The standard InChI is InChI=1S/C13H17FN2O/c1-13(2)4-7-16(8-5-13)12(17)10-3-6-15-11(14)9-10/h3,6,9H,4-5,7-8H2,1-2H3. The van der Waals surface area contributed by atoms with Crippen LogP contribution in [0.1, 0.15) is 37.0 Å². The highest BCUT2D eigenvalue weighted by Gasteiger charge is 2.28. The van der Waals surface area contributed by atoms with Crippen molar-refractivity contribution in [3.63, 3.8) is 0 Å². The molecule has 0 radical (unpaired) electrons. The lowest BCUT2D eigenvalue weighted by Crippen LogP contribution is -2.41. The smallest absolute Gasteiger partial charge is 0.254 e. The quantitative estimate of drug-likeness (QED) is 0.702. The molecule has 2 heterocycles. The topological polar surface area (TPSA) is 33.2 Å². The van der Waals surface area contributed by atoms with E-state index in [1.54, 1.807) is 11.0 Å². The number of hydrogen-bond acceptors (Lipinski definition) is 2. The third-order valence-electron chi connectivity index (χ3n) is 3.38. The highest BCUT2D eigenvalue weighted by molar-refractivity contribution is 5.94. The molecule has 4 heteroatoms. The molecule has 0 aromatic carbocycles. The fourth-order valence-electron chi connectivity index (χ4n) is 2.03. The van der Waals surface area contributed by atoms with Gasteiger partial charge in [0.1, 0.15) is 0 Å². The normalized spacial score (nSPS) is 19.1. The van der Waals surface area contributed by atoms with Gasteiger partial charge < -0.3 is 4.90 Å². The summed E-state index contributed by atoms with van der Waals surface area (Å²) in [7, 11) is 0. The fraction of sp³-hybridized carbons (Fsp3) is 0.538. The molecule has 0 N–H and O–H groups in total. The molecule has 0 saturated carbocycles. The zero-order valence-electron chi connectivity index (χ0n) is 10.2. The fourth-order valence-corrected chi connectivity index (χ4v) is 2.03. The number of carbonyl (C=O) groups is 1. The summed E-state index contributed by atoms with van der Waals surface area (Å²) in [6.07, 6.45) is 3.31. The number of halogens is 1. The van der Waals surface area contributed by atoms with Gasteiger partial charge in [-0.1, -0.05) is 13.8 Å². The number of carbonyl (C=O) groups excluding carboxylic acids is 1. The SMILES string of the molecule is CC1(C)CCN(C(=O)c2ccnc(F)c2)CC1. The first-order valence-corrected chi connectivity index (χ1v) is 5.89. The Balaban J connectivity index is 2.07. The molecule has 2 rings (SSSR count). The Morgan fingerprint density at radius 3 is 2.65 bits per heavy atom. The minimum atomic E-state index is -0.604. The molecule has 0 spiro atoms. The van der Waals surface area contributed by atoms with E-state index in [1.807, 2.05) is 0 Å². The molecule has 1 saturated heterocycles. The van der Waals surface area contributed by atoms with Gasteiger partial charge >= 0.3 is 0 Å². The van der Waals surface area contributed by atoms with E-state index in [-0.39, 0.29) is 5.91 Å². The number of pyridine rings is 1. The van der Waals surface area contributed by atoms with Gasteiger partial charge in [0.25, 0.3) is 5.91 Å². The van der Waals surface area contributed by atoms with Crippen LogP contribution in [0.3, 0.4) is 0 Å². The maximum Gasteiger partial charge on any atom is 0.254 e. The van der Waals surface area contributed by atoms with Crippen LogP contribution < -0.4 is 0 Å². The predicted molar refractivity (Wildman–Crippen MR) is 63.1 cm³/mol. The summed E-state index contributed by atoms with van der Waals surface area (Å²) in [5, 5.41) is 0. The molecule has 0 aliphatic carbocycles. The number of hydrogen-bond donors (Lipinski definition) is 0. The molecule has 0 atom stereocenters. The van der Waals surface area contributed by atoms with Crippen molar-refractivity contribution >= 4 is 5.91 Å². The van der Waals surface area contributed by atoms with Crippen molar-refractivity contribution in [2.24, 2.45) is 5.41 Å². The van der Waals surface area contributed by atoms with Crippen LogP contribution in [0.5, 0.6) is 0 Å². The predicted octanol–water partition coefficient (Wildman–Crippen LogP) is 2.48. The van der Waals surface area contributed by atoms with Crippen LogP contribution in [0.25, 0.3) is 0 Å². The largest absolute Gasteiger partial charge is 0.339 e. The lowest BCUT2D eigenvalue weighted by Gasteiger charge is -2.36. The van der Waals surface area contributed by atoms with Gasteiger partial charge in [0, 0.05) is 30.9 Å². The third-order valence-corrected chi connectivity index (χ3v) is 3.38. The van der Waals surface area contributed by atoms with Gasteiger partial charge in [0.15, 0.2) is 0 Å². The van der Waals surface area contributed by atoms with E-state index in [0.717, 1.165) is 25.9 Å². The van der Waals surface area contributed by atoms with Crippen LogP contribution in [-0.2, 0) is 0 Å². The Labute approximate surface area is 101 Å². The van der Waals surface area contributed by atoms with Crippen molar-refractivity contribution in [1.82, 2.24) is 9.88 Å². The van der Waals surface area contributed by atoms with Crippen LogP contribution >= 0.6 is 0 Å². The van der Waals surface area contributed by atoms with Crippen LogP contribution in [0, 0.1) is 11.4 Å². The lowest BCUT2D eigenvalue weighted by atomic mass is 9.82. The van der Waals surface area contributed by atoms with Crippen LogP contribution in [-0.4, -0.2) is 28.9 Å². The van der Waals surface area contributed by atoms with Crippen molar-refractivity contribution in [2.45, 2.75) is 26.7 Å². The van der Waals surface area contributed by atoms with Crippen molar-refractivity contribution in [2.75, 3.05) is 13.1 Å². The monoisotopic (exact) mass is 236 g/mol. The Morgan fingerprint density at radius 2 is 2.06 bits per heavy atom. The Kier molecular flexibility index (Phi) is 3.13. The van der Waals surface area contributed by atoms with Gasteiger partial charge in [0.2, 0.25) is 5.95 Å². The summed E-state index contributed by atoms with van der Waals surface area (Å²) in [5.41, 5.74) is 0.692. The number of piperidine rings is 1. The van der Waals surface area contributed by atoms with Gasteiger partial charge in [-0.25, -0.2) is 4.98 Å². The minimum absolute atomic E-state index is 0.0956. The average molecular weight is 236 g/mol. The van der Waals surface area contributed by atoms with Gasteiger partial charge in [-0.05, 0) is 24.3 Å². The van der Waals surface area contributed by atoms with Gasteiger partial charge in [-0.15, -0.1) is 0 Å². The third kappa shape index (κ3) is 2.81. The first kappa shape index (κ1) is 12.0. The number of nitrogens with zero attached hydrogens (tertiary/aromatic N) is 2. The second-order valence-electron chi connectivity index (χ2n) is 5.32. The van der Waals surface area contributed by atoms with E-state index >= 15 is 0 Å². The Hall–Kier alpha value is -1.45. The number of aromatic nitrogens is 1. The minimum Gasteiger partial charge on any atom is -0.339 e. The van der Waals surface area contributed by atoms with Crippen LogP contribution in [0.15, 0.2) is 18.3 Å². The lowest BCUT2D eigenvalue weighted by molar-refractivity contribution is 0.0629. The van der Waals surface area contributed by atoms with Crippen molar-refractivity contribution < 1.29 is 9.18 Å². The number of amides is 1. The number of rotatable bonds is 1. The summed E-state index contributed by atoms with van der Waals surface area (Å²) in [4.78, 5) is 17.3. The number of likely N-dealkylation sites (tertiary alicyclic amines) is 1. The van der Waals surface area contributed by atoms with Gasteiger partial charge in [0.05, 0.1) is 0 Å². The van der Waals surface area contributed by atoms with E-state index in [9.17, 15) is 9.18 Å². The van der Waals surface area contributed by atoms with E-state index < -0.39 is 5.95 Å². The molecule has 1 aromatic rings. The molecule has 1 aliphatic heterocycles. The van der Waals surface area contributed by atoms with Crippen LogP contribution in [0.4, 0.5) is 4.39 Å². The zero-order chi connectivity index (χ0) is 12.5. The van der Waals surface area contributed by atoms with Crippen molar-refractivity contribution in [1.29, 1.82) is 0 Å². The molecule has 1 fully saturated rings. The maximum atomic E-state index is 12.9. The average Bonchev–Trinajstić information content (AvgIpc) is 2.28. The first-order valence-electron chi connectivity index (χ1n) is 5.89. The van der Waals surface area contributed by atoms with Gasteiger partial charge in [-0.3, -0.25) is 4.79 Å². The summed E-state index contributed by atoms with van der Waals surface area (Å²) >= 11 is 0.